The summed E-state index contributed by atoms with van der Waals surface area (Å²) in [5, 5.41) is 11.1. The van der Waals surface area contributed by atoms with E-state index in [0.29, 0.717) is 11.4 Å². The molecule has 0 aromatic heterocycles. The molecule has 0 amide bonds. The Labute approximate surface area is 116 Å². The van der Waals surface area contributed by atoms with E-state index >= 15 is 0 Å². The molecule has 0 bridgehead atoms. The van der Waals surface area contributed by atoms with Crippen LogP contribution in [0.3, 0.4) is 0 Å². The molecular formula is C16H13FN2O. The Balaban J connectivity index is 1.91. The van der Waals surface area contributed by atoms with Gasteiger partial charge in [0.25, 0.3) is 0 Å². The molecule has 1 N–H and O–H groups in total. The SMILES string of the molecule is Cc1ccc(N(O)/C=C2\C=Nc3cc(F)ccc32)cc1. The second kappa shape index (κ2) is 4.90. The van der Waals surface area contributed by atoms with E-state index in [9.17, 15) is 9.60 Å². The van der Waals surface area contributed by atoms with E-state index in [1.165, 1.54) is 12.1 Å². The Morgan fingerprint density at radius 2 is 1.90 bits per heavy atom. The summed E-state index contributed by atoms with van der Waals surface area (Å²) in [7, 11) is 0. The van der Waals surface area contributed by atoms with Crippen LogP contribution in [-0.2, 0) is 0 Å². The fourth-order valence-corrected chi connectivity index (χ4v) is 2.07. The Kier molecular flexibility index (Phi) is 3.08. The number of nitrogens with zero attached hydrogens (tertiary/aromatic N) is 2. The van der Waals surface area contributed by atoms with Crippen LogP contribution in [0, 0.1) is 12.7 Å². The summed E-state index contributed by atoms with van der Waals surface area (Å²) in [6, 6.07) is 11.9. The lowest BCUT2D eigenvalue weighted by Crippen LogP contribution is -2.10. The van der Waals surface area contributed by atoms with Crippen molar-refractivity contribution in [3.8, 4) is 0 Å². The topological polar surface area (TPSA) is 35.8 Å². The normalized spacial score (nSPS) is 14.7. The van der Waals surface area contributed by atoms with Crippen LogP contribution in [0.2, 0.25) is 0 Å². The summed E-state index contributed by atoms with van der Waals surface area (Å²) < 4.78 is 13.1. The smallest absolute Gasteiger partial charge is 0.125 e. The van der Waals surface area contributed by atoms with Crippen LogP contribution in [0.25, 0.3) is 5.57 Å². The van der Waals surface area contributed by atoms with Gasteiger partial charge in [-0.15, -0.1) is 0 Å². The zero-order valence-corrected chi connectivity index (χ0v) is 10.9. The van der Waals surface area contributed by atoms with Crippen molar-refractivity contribution in [2.24, 2.45) is 4.99 Å². The molecule has 0 aliphatic carbocycles. The Morgan fingerprint density at radius 3 is 2.65 bits per heavy atom. The predicted molar refractivity (Wildman–Crippen MR) is 78.0 cm³/mol. The van der Waals surface area contributed by atoms with Crippen molar-refractivity contribution in [3.63, 3.8) is 0 Å². The summed E-state index contributed by atoms with van der Waals surface area (Å²) >= 11 is 0. The first-order chi connectivity index (χ1) is 9.63. The van der Waals surface area contributed by atoms with Crippen molar-refractivity contribution < 1.29 is 9.60 Å². The first kappa shape index (κ1) is 12.6. The lowest BCUT2D eigenvalue weighted by atomic mass is 10.1. The molecule has 3 nitrogen and oxygen atoms in total. The second-order valence-corrected chi connectivity index (χ2v) is 4.68. The Bertz CT molecular complexity index is 705. The van der Waals surface area contributed by atoms with E-state index in [4.69, 9.17) is 0 Å². The molecule has 2 aromatic rings. The third-order valence-electron chi connectivity index (χ3n) is 3.17. The highest BCUT2D eigenvalue weighted by molar-refractivity contribution is 6.16. The highest BCUT2D eigenvalue weighted by atomic mass is 19.1. The molecule has 0 saturated heterocycles. The lowest BCUT2D eigenvalue weighted by Gasteiger charge is -2.13. The fourth-order valence-electron chi connectivity index (χ4n) is 2.07. The summed E-state index contributed by atoms with van der Waals surface area (Å²) in [5.41, 5.74) is 3.90. The molecule has 0 atom stereocenters. The number of halogens is 1. The molecule has 4 heteroatoms. The highest BCUT2D eigenvalue weighted by Crippen LogP contribution is 2.32. The van der Waals surface area contributed by atoms with E-state index in [1.807, 2.05) is 31.2 Å². The van der Waals surface area contributed by atoms with Crippen LogP contribution < -0.4 is 5.06 Å². The van der Waals surface area contributed by atoms with Gasteiger partial charge >= 0.3 is 0 Å². The standard InChI is InChI=1S/C16H13FN2O/c1-11-2-5-14(6-3-11)19(20)10-12-9-18-16-8-13(17)4-7-15(12)16/h2-10,20H,1H3/b12-10+. The summed E-state index contributed by atoms with van der Waals surface area (Å²) in [4.78, 5) is 4.13. The number of aryl methyl sites for hydroxylation is 1. The quantitative estimate of drug-likeness (QED) is 0.833. The van der Waals surface area contributed by atoms with Gasteiger partial charge in [-0.25, -0.2) is 9.45 Å². The molecule has 1 aliphatic heterocycles. The average Bonchev–Trinajstić information content (AvgIpc) is 2.81. The van der Waals surface area contributed by atoms with Crippen molar-refractivity contribution in [1.29, 1.82) is 0 Å². The third-order valence-corrected chi connectivity index (χ3v) is 3.17. The molecule has 0 unspecified atom stereocenters. The average molecular weight is 268 g/mol. The van der Waals surface area contributed by atoms with Gasteiger partial charge in [-0.05, 0) is 31.2 Å². The summed E-state index contributed by atoms with van der Waals surface area (Å²) in [6.07, 6.45) is 3.18. The minimum absolute atomic E-state index is 0.318. The largest absolute Gasteiger partial charge is 0.284 e. The minimum Gasteiger partial charge on any atom is -0.284 e. The monoisotopic (exact) mass is 268 g/mol. The molecule has 2 aromatic carbocycles. The lowest BCUT2D eigenvalue weighted by molar-refractivity contribution is 0.296. The van der Waals surface area contributed by atoms with Crippen LogP contribution in [0.15, 0.2) is 53.7 Å². The van der Waals surface area contributed by atoms with Crippen LogP contribution in [0.4, 0.5) is 15.8 Å². The zero-order valence-electron chi connectivity index (χ0n) is 10.9. The van der Waals surface area contributed by atoms with Gasteiger partial charge in [0.2, 0.25) is 0 Å². The maximum absolute atomic E-state index is 13.1. The minimum atomic E-state index is -0.318. The van der Waals surface area contributed by atoms with E-state index in [1.54, 1.807) is 18.5 Å². The third kappa shape index (κ3) is 2.33. The number of fused-ring (bicyclic) bond motifs is 1. The first-order valence-corrected chi connectivity index (χ1v) is 6.24. The van der Waals surface area contributed by atoms with Gasteiger partial charge in [-0.1, -0.05) is 17.7 Å². The maximum Gasteiger partial charge on any atom is 0.125 e. The van der Waals surface area contributed by atoms with E-state index in [0.717, 1.165) is 21.8 Å². The van der Waals surface area contributed by atoms with Crippen LogP contribution in [0.1, 0.15) is 11.1 Å². The van der Waals surface area contributed by atoms with Crippen molar-refractivity contribution in [1.82, 2.24) is 0 Å². The van der Waals surface area contributed by atoms with E-state index in [2.05, 4.69) is 4.99 Å². The Hall–Kier alpha value is -2.46. The van der Waals surface area contributed by atoms with E-state index < -0.39 is 0 Å². The van der Waals surface area contributed by atoms with Gasteiger partial charge in [0, 0.05) is 29.6 Å². The van der Waals surface area contributed by atoms with Crippen molar-refractivity contribution in [2.75, 3.05) is 5.06 Å². The molecule has 20 heavy (non-hydrogen) atoms. The fraction of sp³-hybridized carbons (Fsp3) is 0.0625. The van der Waals surface area contributed by atoms with Gasteiger partial charge in [0.1, 0.15) is 5.82 Å². The second-order valence-electron chi connectivity index (χ2n) is 4.68. The maximum atomic E-state index is 13.1. The number of hydrogen-bond acceptors (Lipinski definition) is 3. The van der Waals surface area contributed by atoms with Crippen molar-refractivity contribution in [2.45, 2.75) is 6.92 Å². The number of allylic oxidation sites excluding steroid dienone is 1. The molecule has 1 heterocycles. The number of rotatable bonds is 2. The Morgan fingerprint density at radius 1 is 1.15 bits per heavy atom. The van der Waals surface area contributed by atoms with Crippen LogP contribution in [-0.4, -0.2) is 11.4 Å². The molecule has 0 spiro atoms. The summed E-state index contributed by atoms with van der Waals surface area (Å²) in [6.45, 7) is 1.98. The number of benzene rings is 2. The molecule has 100 valence electrons. The number of aliphatic imine (C=N–C) groups is 1. The molecule has 0 saturated carbocycles. The van der Waals surface area contributed by atoms with Crippen LogP contribution in [0.5, 0.6) is 0 Å². The van der Waals surface area contributed by atoms with Crippen molar-refractivity contribution in [3.05, 3.63) is 65.6 Å². The predicted octanol–water partition coefficient (Wildman–Crippen LogP) is 4.09. The van der Waals surface area contributed by atoms with Gasteiger partial charge in [-0.2, -0.15) is 0 Å². The first-order valence-electron chi connectivity index (χ1n) is 6.24. The van der Waals surface area contributed by atoms with Crippen molar-refractivity contribution >= 4 is 23.2 Å². The number of anilines is 1. The summed E-state index contributed by atoms with van der Waals surface area (Å²) in [5.74, 6) is -0.318. The molecule has 0 radical (unpaired) electrons. The molecular weight excluding hydrogens is 255 g/mol. The van der Waals surface area contributed by atoms with Gasteiger partial charge in [0.15, 0.2) is 0 Å². The van der Waals surface area contributed by atoms with Gasteiger partial charge < -0.3 is 0 Å². The zero-order chi connectivity index (χ0) is 14.1. The molecule has 0 fully saturated rings. The molecule has 1 aliphatic rings. The van der Waals surface area contributed by atoms with Crippen LogP contribution >= 0.6 is 0 Å². The van der Waals surface area contributed by atoms with Gasteiger partial charge in [-0.3, -0.25) is 10.2 Å². The van der Waals surface area contributed by atoms with Gasteiger partial charge in [0.05, 0.1) is 11.4 Å². The highest BCUT2D eigenvalue weighted by Gasteiger charge is 2.14. The number of hydroxylamine groups is 1. The number of hydrogen-bond donors (Lipinski definition) is 1. The van der Waals surface area contributed by atoms with E-state index in [-0.39, 0.29) is 5.82 Å². The molecule has 3 rings (SSSR count).